The molecule has 0 radical (unpaired) electrons. The maximum Gasteiger partial charge on any atom is 0.369 e. The molecule has 2 nitrogen and oxygen atoms in total. The molecule has 0 saturated heterocycles. The first-order chi connectivity index (χ1) is 6.25. The van der Waals surface area contributed by atoms with Crippen molar-refractivity contribution < 1.29 is 9.90 Å². The Kier molecular flexibility index (Phi) is 2.10. The standard InChI is InChI=1S/C10H8O2S/c11-10(12)13-9-5-4-7-2-1-3-8(7)6-9/h1,3-6H,2H2,(H,11,12). The van der Waals surface area contributed by atoms with Gasteiger partial charge in [-0.3, -0.25) is 0 Å². The minimum absolute atomic E-state index is 0.790. The van der Waals surface area contributed by atoms with Crippen LogP contribution in [0.25, 0.3) is 6.08 Å². The minimum atomic E-state index is -0.859. The highest BCUT2D eigenvalue weighted by molar-refractivity contribution is 8.13. The summed E-state index contributed by atoms with van der Waals surface area (Å²) in [6.07, 6.45) is 5.08. The van der Waals surface area contributed by atoms with Crippen LogP contribution in [0.5, 0.6) is 0 Å². The van der Waals surface area contributed by atoms with Crippen LogP contribution in [0.2, 0.25) is 0 Å². The van der Waals surface area contributed by atoms with Crippen molar-refractivity contribution in [1.82, 2.24) is 0 Å². The number of thioether (sulfide) groups is 1. The Hall–Kier alpha value is -1.22. The van der Waals surface area contributed by atoms with Gasteiger partial charge >= 0.3 is 5.30 Å². The molecule has 1 aromatic carbocycles. The summed E-state index contributed by atoms with van der Waals surface area (Å²) in [6, 6.07) is 5.75. The van der Waals surface area contributed by atoms with Gasteiger partial charge in [0.1, 0.15) is 0 Å². The molecule has 3 heteroatoms. The third-order valence-electron chi connectivity index (χ3n) is 1.96. The molecule has 0 saturated carbocycles. The van der Waals surface area contributed by atoms with Gasteiger partial charge in [-0.15, -0.1) is 0 Å². The zero-order chi connectivity index (χ0) is 9.26. The van der Waals surface area contributed by atoms with E-state index in [1.54, 1.807) is 0 Å². The molecule has 0 fully saturated rings. The van der Waals surface area contributed by atoms with Gasteiger partial charge in [-0.1, -0.05) is 18.2 Å². The topological polar surface area (TPSA) is 37.3 Å². The highest BCUT2D eigenvalue weighted by Crippen LogP contribution is 2.26. The molecule has 0 heterocycles. The molecule has 2 rings (SSSR count). The van der Waals surface area contributed by atoms with E-state index in [2.05, 4.69) is 6.08 Å². The maximum atomic E-state index is 10.4. The lowest BCUT2D eigenvalue weighted by Gasteiger charge is -2.00. The largest absolute Gasteiger partial charge is 0.473 e. The summed E-state index contributed by atoms with van der Waals surface area (Å²) in [5.74, 6) is 0. The summed E-state index contributed by atoms with van der Waals surface area (Å²) >= 11 is 0.847. The maximum absolute atomic E-state index is 10.4. The van der Waals surface area contributed by atoms with Crippen molar-refractivity contribution in [1.29, 1.82) is 0 Å². The molecule has 1 aromatic rings. The van der Waals surface area contributed by atoms with Crippen LogP contribution in [0, 0.1) is 0 Å². The number of benzene rings is 1. The van der Waals surface area contributed by atoms with Crippen LogP contribution in [0.4, 0.5) is 4.79 Å². The Bertz CT molecular complexity index is 383. The van der Waals surface area contributed by atoms with Crippen molar-refractivity contribution in [2.24, 2.45) is 0 Å². The molecule has 1 N–H and O–H groups in total. The second-order valence-electron chi connectivity index (χ2n) is 2.84. The highest BCUT2D eigenvalue weighted by Gasteiger charge is 2.07. The zero-order valence-corrected chi connectivity index (χ0v) is 7.67. The number of carbonyl (C=O) groups is 1. The van der Waals surface area contributed by atoms with Gasteiger partial charge in [0.05, 0.1) is 0 Å². The number of allylic oxidation sites excluding steroid dienone is 1. The lowest BCUT2D eigenvalue weighted by molar-refractivity contribution is 0.222. The molecule has 0 aliphatic heterocycles. The van der Waals surface area contributed by atoms with Gasteiger partial charge in [-0.25, -0.2) is 4.79 Å². The third kappa shape index (κ3) is 1.75. The molecular formula is C10H8O2S. The first-order valence-electron chi connectivity index (χ1n) is 3.96. The number of hydrogen-bond acceptors (Lipinski definition) is 2. The second kappa shape index (κ2) is 3.26. The van der Waals surface area contributed by atoms with Crippen LogP contribution in [0.15, 0.2) is 29.2 Å². The van der Waals surface area contributed by atoms with Crippen molar-refractivity contribution in [2.45, 2.75) is 11.3 Å². The van der Waals surface area contributed by atoms with E-state index in [1.165, 1.54) is 5.56 Å². The molecular weight excluding hydrogens is 184 g/mol. The Balaban J connectivity index is 2.30. The third-order valence-corrected chi connectivity index (χ3v) is 2.62. The molecule has 0 atom stereocenters. The van der Waals surface area contributed by atoms with E-state index in [9.17, 15) is 4.79 Å². The van der Waals surface area contributed by atoms with Gasteiger partial charge in [-0.2, -0.15) is 0 Å². The van der Waals surface area contributed by atoms with Crippen molar-refractivity contribution in [2.75, 3.05) is 0 Å². The summed E-state index contributed by atoms with van der Waals surface area (Å²) in [6.45, 7) is 0. The van der Waals surface area contributed by atoms with Gasteiger partial charge in [0.15, 0.2) is 0 Å². The second-order valence-corrected chi connectivity index (χ2v) is 3.86. The van der Waals surface area contributed by atoms with Gasteiger partial charge < -0.3 is 5.11 Å². The Labute approximate surface area is 80.3 Å². The number of rotatable bonds is 1. The molecule has 1 aliphatic carbocycles. The fourth-order valence-corrected chi connectivity index (χ4v) is 1.91. The van der Waals surface area contributed by atoms with E-state index >= 15 is 0 Å². The lowest BCUT2D eigenvalue weighted by Crippen LogP contribution is -1.86. The van der Waals surface area contributed by atoms with E-state index in [1.807, 2.05) is 24.3 Å². The summed E-state index contributed by atoms with van der Waals surface area (Å²) in [5.41, 5.74) is 2.42. The molecule has 66 valence electrons. The van der Waals surface area contributed by atoms with E-state index < -0.39 is 5.30 Å². The van der Waals surface area contributed by atoms with Gasteiger partial charge in [0.2, 0.25) is 0 Å². The fourth-order valence-electron chi connectivity index (χ4n) is 1.39. The van der Waals surface area contributed by atoms with E-state index in [0.717, 1.165) is 28.6 Å². The molecule has 0 unspecified atom stereocenters. The van der Waals surface area contributed by atoms with E-state index in [-0.39, 0.29) is 0 Å². The van der Waals surface area contributed by atoms with Crippen LogP contribution < -0.4 is 0 Å². The Morgan fingerprint density at radius 3 is 3.08 bits per heavy atom. The van der Waals surface area contributed by atoms with Gasteiger partial charge in [0, 0.05) is 4.90 Å². The fraction of sp³-hybridized carbons (Fsp3) is 0.100. The summed E-state index contributed by atoms with van der Waals surface area (Å²) in [7, 11) is 0. The molecule has 1 aliphatic rings. The first kappa shape index (κ1) is 8.38. The summed E-state index contributed by atoms with van der Waals surface area (Å²) < 4.78 is 0. The Morgan fingerprint density at radius 1 is 1.46 bits per heavy atom. The quantitative estimate of drug-likeness (QED) is 0.695. The molecule has 0 spiro atoms. The Morgan fingerprint density at radius 2 is 2.31 bits per heavy atom. The van der Waals surface area contributed by atoms with Crippen molar-refractivity contribution >= 4 is 23.1 Å². The molecule has 13 heavy (non-hydrogen) atoms. The van der Waals surface area contributed by atoms with Crippen LogP contribution in [-0.2, 0) is 6.42 Å². The first-order valence-corrected chi connectivity index (χ1v) is 4.77. The molecule has 0 amide bonds. The highest BCUT2D eigenvalue weighted by atomic mass is 32.2. The van der Waals surface area contributed by atoms with Crippen LogP contribution >= 0.6 is 11.8 Å². The lowest BCUT2D eigenvalue weighted by atomic mass is 10.1. The average molecular weight is 192 g/mol. The monoisotopic (exact) mass is 192 g/mol. The summed E-state index contributed by atoms with van der Waals surface area (Å²) in [4.78, 5) is 11.2. The minimum Gasteiger partial charge on any atom is -0.473 e. The van der Waals surface area contributed by atoms with Gasteiger partial charge in [-0.05, 0) is 41.4 Å². The molecule has 0 aromatic heterocycles. The van der Waals surface area contributed by atoms with Crippen LogP contribution in [0.3, 0.4) is 0 Å². The van der Waals surface area contributed by atoms with E-state index in [4.69, 9.17) is 5.11 Å². The van der Waals surface area contributed by atoms with Crippen LogP contribution in [0.1, 0.15) is 11.1 Å². The number of carboxylic acid groups (broad SMARTS) is 1. The average Bonchev–Trinajstić information content (AvgIpc) is 2.49. The number of hydrogen-bond donors (Lipinski definition) is 1. The number of fused-ring (bicyclic) bond motifs is 1. The predicted octanol–water partition coefficient (Wildman–Crippen LogP) is 3.03. The predicted molar refractivity (Wildman–Crippen MR) is 53.1 cm³/mol. The van der Waals surface area contributed by atoms with E-state index in [0.29, 0.717) is 0 Å². The molecule has 0 bridgehead atoms. The normalized spacial score (nSPS) is 12.9. The SMILES string of the molecule is O=C(O)Sc1ccc2c(c1)C=CC2. The summed E-state index contributed by atoms with van der Waals surface area (Å²) in [5, 5.41) is 7.70. The van der Waals surface area contributed by atoms with Crippen LogP contribution in [-0.4, -0.2) is 10.4 Å². The smallest absolute Gasteiger partial charge is 0.369 e. The van der Waals surface area contributed by atoms with Gasteiger partial charge in [0.25, 0.3) is 0 Å². The van der Waals surface area contributed by atoms with Crippen molar-refractivity contribution in [3.8, 4) is 0 Å². The van der Waals surface area contributed by atoms with Crippen molar-refractivity contribution in [3.63, 3.8) is 0 Å². The zero-order valence-electron chi connectivity index (χ0n) is 6.86. The van der Waals surface area contributed by atoms with Crippen molar-refractivity contribution in [3.05, 3.63) is 35.4 Å².